The monoisotopic (exact) mass is 202 g/mol. The largest absolute Gasteiger partial charge is 0.417 e. The van der Waals surface area contributed by atoms with Gasteiger partial charge in [-0.3, -0.25) is 0 Å². The Bertz CT molecular complexity index is 118. The molecule has 13 heavy (non-hydrogen) atoms. The van der Waals surface area contributed by atoms with Crippen molar-refractivity contribution in [2.75, 3.05) is 6.61 Å². The Balaban J connectivity index is 3.59. The van der Waals surface area contributed by atoms with Gasteiger partial charge in [0, 0.05) is 6.61 Å². The Morgan fingerprint density at radius 3 is 2.15 bits per heavy atom. The van der Waals surface area contributed by atoms with Gasteiger partial charge in [-0.2, -0.15) is 0 Å². The number of rotatable bonds is 7. The molecule has 0 fully saturated rings. The number of unbranched alkanes of at least 4 members (excludes halogenated alkanes) is 1. The molecular formula is C11H26OSi. The lowest BCUT2D eigenvalue weighted by atomic mass is 10.0. The highest BCUT2D eigenvalue weighted by Gasteiger charge is 2.16. The first-order valence-corrected chi connectivity index (χ1v) is 9.04. The van der Waals surface area contributed by atoms with Gasteiger partial charge >= 0.3 is 0 Å². The van der Waals surface area contributed by atoms with Crippen LogP contribution in [0, 0.1) is 5.92 Å². The van der Waals surface area contributed by atoms with Crippen molar-refractivity contribution in [2.45, 2.75) is 59.2 Å². The van der Waals surface area contributed by atoms with Gasteiger partial charge < -0.3 is 4.43 Å². The molecule has 0 saturated carbocycles. The molecule has 0 amide bonds. The lowest BCUT2D eigenvalue weighted by molar-refractivity contribution is 0.227. The minimum Gasteiger partial charge on any atom is -0.417 e. The van der Waals surface area contributed by atoms with Crippen molar-refractivity contribution < 1.29 is 4.43 Å². The second-order valence-corrected chi connectivity index (χ2v) is 9.35. The van der Waals surface area contributed by atoms with Crippen LogP contribution in [-0.4, -0.2) is 14.9 Å². The minimum atomic E-state index is -1.28. The van der Waals surface area contributed by atoms with E-state index in [9.17, 15) is 0 Å². The highest BCUT2D eigenvalue weighted by Crippen LogP contribution is 2.15. The molecule has 80 valence electrons. The highest BCUT2D eigenvalue weighted by atomic mass is 28.4. The molecule has 0 spiro atoms. The molecule has 0 radical (unpaired) electrons. The van der Waals surface area contributed by atoms with Crippen LogP contribution < -0.4 is 0 Å². The van der Waals surface area contributed by atoms with Crippen molar-refractivity contribution in [1.29, 1.82) is 0 Å². The fraction of sp³-hybridized carbons (Fsp3) is 1.00. The van der Waals surface area contributed by atoms with Crippen LogP contribution in [-0.2, 0) is 4.43 Å². The molecule has 0 aliphatic rings. The summed E-state index contributed by atoms with van der Waals surface area (Å²) in [6.45, 7) is 12.3. The van der Waals surface area contributed by atoms with Gasteiger partial charge in [0.05, 0.1) is 0 Å². The summed E-state index contributed by atoms with van der Waals surface area (Å²) in [6, 6.07) is 0. The lowest BCUT2D eigenvalue weighted by Crippen LogP contribution is -2.28. The second-order valence-electron chi connectivity index (χ2n) is 4.84. The molecule has 0 rings (SSSR count). The predicted octanol–water partition coefficient (Wildman–Crippen LogP) is 4.05. The molecule has 0 aromatic rings. The van der Waals surface area contributed by atoms with E-state index in [4.69, 9.17) is 4.43 Å². The van der Waals surface area contributed by atoms with Crippen molar-refractivity contribution in [1.82, 2.24) is 0 Å². The predicted molar refractivity (Wildman–Crippen MR) is 62.6 cm³/mol. The first-order chi connectivity index (χ1) is 5.99. The van der Waals surface area contributed by atoms with Gasteiger partial charge in [-0.25, -0.2) is 0 Å². The zero-order valence-electron chi connectivity index (χ0n) is 10.0. The Kier molecular flexibility index (Phi) is 6.69. The van der Waals surface area contributed by atoms with E-state index < -0.39 is 8.32 Å². The average molecular weight is 202 g/mol. The summed E-state index contributed by atoms with van der Waals surface area (Å²) < 4.78 is 5.92. The molecule has 0 aliphatic carbocycles. The van der Waals surface area contributed by atoms with Crippen molar-refractivity contribution in [3.8, 4) is 0 Å². The molecule has 1 unspecified atom stereocenters. The topological polar surface area (TPSA) is 9.23 Å². The van der Waals surface area contributed by atoms with E-state index in [0.29, 0.717) is 0 Å². The summed E-state index contributed by atoms with van der Waals surface area (Å²) in [5, 5.41) is 0. The van der Waals surface area contributed by atoms with Crippen LogP contribution in [0.4, 0.5) is 0 Å². The van der Waals surface area contributed by atoms with Gasteiger partial charge in [0.15, 0.2) is 8.32 Å². The van der Waals surface area contributed by atoms with Crippen molar-refractivity contribution in [2.24, 2.45) is 5.92 Å². The van der Waals surface area contributed by atoms with Crippen LogP contribution in [0.15, 0.2) is 0 Å². The summed E-state index contributed by atoms with van der Waals surface area (Å²) in [7, 11) is -1.28. The maximum absolute atomic E-state index is 5.92. The summed E-state index contributed by atoms with van der Waals surface area (Å²) >= 11 is 0. The van der Waals surface area contributed by atoms with Crippen LogP contribution in [0.5, 0.6) is 0 Å². The molecule has 0 heterocycles. The molecule has 0 N–H and O–H groups in total. The molecule has 0 saturated heterocycles. The van der Waals surface area contributed by atoms with E-state index >= 15 is 0 Å². The molecule has 0 aliphatic heterocycles. The molecule has 0 aromatic carbocycles. The second kappa shape index (κ2) is 6.60. The Morgan fingerprint density at radius 1 is 1.15 bits per heavy atom. The Morgan fingerprint density at radius 2 is 1.77 bits per heavy atom. The highest BCUT2D eigenvalue weighted by molar-refractivity contribution is 6.69. The van der Waals surface area contributed by atoms with Crippen molar-refractivity contribution in [3.05, 3.63) is 0 Å². The molecular weight excluding hydrogens is 176 g/mol. The van der Waals surface area contributed by atoms with E-state index in [1.165, 1.54) is 25.7 Å². The third-order valence-electron chi connectivity index (χ3n) is 2.30. The zero-order chi connectivity index (χ0) is 10.3. The van der Waals surface area contributed by atoms with Gasteiger partial charge in [-0.05, 0) is 32.0 Å². The number of hydrogen-bond donors (Lipinski definition) is 0. The van der Waals surface area contributed by atoms with Crippen LogP contribution in [0.25, 0.3) is 0 Å². The third-order valence-corrected chi connectivity index (χ3v) is 3.33. The fourth-order valence-corrected chi connectivity index (χ4v) is 2.00. The molecule has 0 bridgehead atoms. The SMILES string of the molecule is CCCCC(CC)CO[Si](C)(C)C. The third kappa shape index (κ3) is 8.51. The van der Waals surface area contributed by atoms with E-state index in [0.717, 1.165) is 12.5 Å². The molecule has 1 nitrogen and oxygen atoms in total. The van der Waals surface area contributed by atoms with Gasteiger partial charge in [0.2, 0.25) is 0 Å². The van der Waals surface area contributed by atoms with Crippen LogP contribution in [0.3, 0.4) is 0 Å². The van der Waals surface area contributed by atoms with Crippen molar-refractivity contribution in [3.63, 3.8) is 0 Å². The summed E-state index contributed by atoms with van der Waals surface area (Å²) in [4.78, 5) is 0. The van der Waals surface area contributed by atoms with E-state index in [1.807, 2.05) is 0 Å². The van der Waals surface area contributed by atoms with Gasteiger partial charge in [-0.15, -0.1) is 0 Å². The maximum Gasteiger partial charge on any atom is 0.183 e. The number of hydrogen-bond acceptors (Lipinski definition) is 1. The molecule has 1 atom stereocenters. The lowest BCUT2D eigenvalue weighted by Gasteiger charge is -2.22. The van der Waals surface area contributed by atoms with E-state index in [1.54, 1.807) is 0 Å². The summed E-state index contributed by atoms with van der Waals surface area (Å²) in [6.07, 6.45) is 5.28. The quantitative estimate of drug-likeness (QED) is 0.566. The summed E-state index contributed by atoms with van der Waals surface area (Å²) in [5.74, 6) is 0.798. The van der Waals surface area contributed by atoms with E-state index in [2.05, 4.69) is 33.5 Å². The standard InChI is InChI=1S/C11H26OSi/c1-6-8-9-11(7-2)10-12-13(3,4)5/h11H,6-10H2,1-5H3. The fourth-order valence-electron chi connectivity index (χ4n) is 1.27. The van der Waals surface area contributed by atoms with Gasteiger partial charge in [-0.1, -0.05) is 33.1 Å². The minimum absolute atomic E-state index is 0.798. The maximum atomic E-state index is 5.92. The Hall–Kier alpha value is 0.177. The van der Waals surface area contributed by atoms with Crippen LogP contribution in [0.2, 0.25) is 19.6 Å². The summed E-state index contributed by atoms with van der Waals surface area (Å²) in [5.41, 5.74) is 0. The zero-order valence-corrected chi connectivity index (χ0v) is 11.0. The van der Waals surface area contributed by atoms with Crippen molar-refractivity contribution >= 4 is 8.32 Å². The first kappa shape index (κ1) is 13.2. The smallest absolute Gasteiger partial charge is 0.183 e. The van der Waals surface area contributed by atoms with Crippen LogP contribution >= 0.6 is 0 Å². The molecule has 2 heteroatoms. The van der Waals surface area contributed by atoms with Gasteiger partial charge in [0.25, 0.3) is 0 Å². The van der Waals surface area contributed by atoms with E-state index in [-0.39, 0.29) is 0 Å². The van der Waals surface area contributed by atoms with Gasteiger partial charge in [0.1, 0.15) is 0 Å². The van der Waals surface area contributed by atoms with Crippen LogP contribution in [0.1, 0.15) is 39.5 Å². The Labute approximate surface area is 85.0 Å². The average Bonchev–Trinajstić information content (AvgIpc) is 2.03. The first-order valence-electron chi connectivity index (χ1n) is 5.63. The molecule has 0 aromatic heterocycles. The normalized spacial score (nSPS) is 14.5.